The SMILES string of the molecule is Cc1ccn2c(C(=O)NC(CCC(=O)O)C(=O)O)c(C)nc2c1. The molecule has 0 aliphatic heterocycles. The molecule has 1 atom stereocenters. The summed E-state index contributed by atoms with van der Waals surface area (Å²) < 4.78 is 1.58. The van der Waals surface area contributed by atoms with E-state index in [9.17, 15) is 14.4 Å². The second kappa shape index (κ2) is 6.47. The Morgan fingerprint density at radius 3 is 2.61 bits per heavy atom. The summed E-state index contributed by atoms with van der Waals surface area (Å²) in [6.45, 7) is 3.56. The lowest BCUT2D eigenvalue weighted by atomic mass is 10.1. The molecule has 1 amide bonds. The average Bonchev–Trinajstić information content (AvgIpc) is 2.77. The second-order valence-corrected chi connectivity index (χ2v) is 5.27. The number of carboxylic acids is 2. The third-order valence-electron chi connectivity index (χ3n) is 3.42. The quantitative estimate of drug-likeness (QED) is 0.730. The number of aliphatic carboxylic acids is 2. The zero-order valence-corrected chi connectivity index (χ0v) is 12.7. The molecule has 0 radical (unpaired) electrons. The molecule has 8 heteroatoms. The molecule has 0 spiro atoms. The molecule has 3 N–H and O–H groups in total. The van der Waals surface area contributed by atoms with Crippen LogP contribution in [0.5, 0.6) is 0 Å². The lowest BCUT2D eigenvalue weighted by molar-refractivity contribution is -0.140. The summed E-state index contributed by atoms with van der Waals surface area (Å²) in [4.78, 5) is 38.4. The number of rotatable bonds is 6. The first-order chi connectivity index (χ1) is 10.8. The molecule has 2 heterocycles. The minimum absolute atomic E-state index is 0.189. The largest absolute Gasteiger partial charge is 0.481 e. The van der Waals surface area contributed by atoms with Crippen LogP contribution in [0, 0.1) is 13.8 Å². The van der Waals surface area contributed by atoms with E-state index in [2.05, 4.69) is 10.3 Å². The van der Waals surface area contributed by atoms with Crippen molar-refractivity contribution in [1.29, 1.82) is 0 Å². The van der Waals surface area contributed by atoms with E-state index in [0.717, 1.165) is 5.56 Å². The summed E-state index contributed by atoms with van der Waals surface area (Å²) in [5.74, 6) is -2.99. The van der Waals surface area contributed by atoms with Crippen LogP contribution in [-0.4, -0.2) is 43.5 Å². The van der Waals surface area contributed by atoms with Gasteiger partial charge in [-0.25, -0.2) is 9.78 Å². The van der Waals surface area contributed by atoms with E-state index in [1.807, 2.05) is 19.1 Å². The van der Waals surface area contributed by atoms with Crippen molar-refractivity contribution in [2.24, 2.45) is 0 Å². The van der Waals surface area contributed by atoms with Crippen molar-refractivity contribution in [2.75, 3.05) is 0 Å². The van der Waals surface area contributed by atoms with Crippen molar-refractivity contribution < 1.29 is 24.6 Å². The van der Waals surface area contributed by atoms with Gasteiger partial charge in [-0.2, -0.15) is 0 Å². The summed E-state index contributed by atoms with van der Waals surface area (Å²) in [5, 5.41) is 20.1. The fourth-order valence-electron chi connectivity index (χ4n) is 2.29. The molecule has 0 fully saturated rings. The highest BCUT2D eigenvalue weighted by Gasteiger charge is 2.24. The highest BCUT2D eigenvalue weighted by atomic mass is 16.4. The number of aromatic nitrogens is 2. The first-order valence-electron chi connectivity index (χ1n) is 7.00. The van der Waals surface area contributed by atoms with Gasteiger partial charge in [0.1, 0.15) is 17.4 Å². The summed E-state index contributed by atoms with van der Waals surface area (Å²) in [7, 11) is 0. The fraction of sp³-hybridized carbons (Fsp3) is 0.333. The maximum Gasteiger partial charge on any atom is 0.326 e. The van der Waals surface area contributed by atoms with Crippen LogP contribution in [0.3, 0.4) is 0 Å². The van der Waals surface area contributed by atoms with Crippen LogP contribution in [-0.2, 0) is 9.59 Å². The predicted octanol–water partition coefficient (Wildman–Crippen LogP) is 0.999. The van der Waals surface area contributed by atoms with E-state index in [-0.39, 0.29) is 18.5 Å². The number of carbonyl (C=O) groups excluding carboxylic acids is 1. The number of fused-ring (bicyclic) bond motifs is 1. The van der Waals surface area contributed by atoms with Crippen LogP contribution in [0.1, 0.15) is 34.6 Å². The Morgan fingerprint density at radius 2 is 2.00 bits per heavy atom. The normalized spacial score (nSPS) is 12.1. The first-order valence-corrected chi connectivity index (χ1v) is 7.00. The number of nitrogens with zero attached hydrogens (tertiary/aromatic N) is 2. The molecular weight excluding hydrogens is 302 g/mol. The summed E-state index contributed by atoms with van der Waals surface area (Å²) in [6, 6.07) is 2.35. The molecule has 2 aromatic rings. The van der Waals surface area contributed by atoms with Crippen molar-refractivity contribution in [3.05, 3.63) is 35.3 Å². The Labute approximate surface area is 131 Å². The molecule has 2 rings (SSSR count). The summed E-state index contributed by atoms with van der Waals surface area (Å²) >= 11 is 0. The van der Waals surface area contributed by atoms with Gasteiger partial charge in [-0.15, -0.1) is 0 Å². The van der Waals surface area contributed by atoms with E-state index in [1.54, 1.807) is 17.5 Å². The fourth-order valence-corrected chi connectivity index (χ4v) is 2.29. The van der Waals surface area contributed by atoms with E-state index in [1.165, 1.54) is 0 Å². The molecule has 0 bridgehead atoms. The molecule has 122 valence electrons. The van der Waals surface area contributed by atoms with Gasteiger partial charge in [-0.05, 0) is 38.0 Å². The summed E-state index contributed by atoms with van der Waals surface area (Å²) in [6.07, 6.45) is 1.15. The van der Waals surface area contributed by atoms with Gasteiger partial charge >= 0.3 is 11.9 Å². The Bertz CT molecular complexity index is 781. The highest BCUT2D eigenvalue weighted by molar-refractivity contribution is 5.97. The third-order valence-corrected chi connectivity index (χ3v) is 3.42. The van der Waals surface area contributed by atoms with E-state index < -0.39 is 23.9 Å². The van der Waals surface area contributed by atoms with Gasteiger partial charge < -0.3 is 15.5 Å². The van der Waals surface area contributed by atoms with Crippen molar-refractivity contribution >= 4 is 23.5 Å². The van der Waals surface area contributed by atoms with Crippen LogP contribution in [0.4, 0.5) is 0 Å². The number of imidazole rings is 1. The Morgan fingerprint density at radius 1 is 1.30 bits per heavy atom. The monoisotopic (exact) mass is 319 g/mol. The summed E-state index contributed by atoms with van der Waals surface area (Å²) in [5.41, 5.74) is 2.28. The molecule has 2 aromatic heterocycles. The zero-order chi connectivity index (χ0) is 17.1. The van der Waals surface area contributed by atoms with Gasteiger partial charge in [-0.1, -0.05) is 0 Å². The Hall–Kier alpha value is -2.90. The van der Waals surface area contributed by atoms with Gasteiger partial charge in [0.2, 0.25) is 0 Å². The maximum absolute atomic E-state index is 12.4. The van der Waals surface area contributed by atoms with Gasteiger partial charge in [0.25, 0.3) is 5.91 Å². The molecule has 0 aliphatic carbocycles. The Balaban J connectivity index is 2.27. The number of nitrogens with one attached hydrogen (secondary N) is 1. The van der Waals surface area contributed by atoms with Crippen molar-refractivity contribution in [1.82, 2.24) is 14.7 Å². The van der Waals surface area contributed by atoms with Crippen molar-refractivity contribution in [3.63, 3.8) is 0 Å². The molecule has 23 heavy (non-hydrogen) atoms. The maximum atomic E-state index is 12.4. The van der Waals surface area contributed by atoms with E-state index >= 15 is 0 Å². The lowest BCUT2D eigenvalue weighted by Crippen LogP contribution is -2.41. The van der Waals surface area contributed by atoms with Crippen LogP contribution >= 0.6 is 0 Å². The number of hydrogen-bond acceptors (Lipinski definition) is 4. The van der Waals surface area contributed by atoms with Gasteiger partial charge in [0.15, 0.2) is 0 Å². The zero-order valence-electron chi connectivity index (χ0n) is 12.7. The van der Waals surface area contributed by atoms with Crippen LogP contribution in [0.15, 0.2) is 18.3 Å². The van der Waals surface area contributed by atoms with Crippen LogP contribution < -0.4 is 5.32 Å². The molecule has 1 unspecified atom stereocenters. The molecular formula is C15H17N3O5. The average molecular weight is 319 g/mol. The number of pyridine rings is 1. The highest BCUT2D eigenvalue weighted by Crippen LogP contribution is 2.14. The van der Waals surface area contributed by atoms with Gasteiger partial charge in [0, 0.05) is 12.6 Å². The molecule has 0 saturated carbocycles. The van der Waals surface area contributed by atoms with E-state index in [0.29, 0.717) is 11.3 Å². The minimum Gasteiger partial charge on any atom is -0.481 e. The smallest absolute Gasteiger partial charge is 0.326 e. The number of aryl methyl sites for hydroxylation is 2. The first kappa shape index (κ1) is 16.5. The van der Waals surface area contributed by atoms with E-state index in [4.69, 9.17) is 10.2 Å². The standard InChI is InChI=1S/C15H17N3O5/c1-8-5-6-18-11(7-8)16-9(2)13(18)14(21)17-10(15(22)23)3-4-12(19)20/h5-7,10H,3-4H2,1-2H3,(H,17,21)(H,19,20)(H,22,23). The number of carboxylic acid groups (broad SMARTS) is 2. The number of hydrogen-bond donors (Lipinski definition) is 3. The van der Waals surface area contributed by atoms with Crippen molar-refractivity contribution in [3.8, 4) is 0 Å². The molecule has 0 saturated heterocycles. The molecule has 8 nitrogen and oxygen atoms in total. The van der Waals surface area contributed by atoms with Crippen LogP contribution in [0.2, 0.25) is 0 Å². The topological polar surface area (TPSA) is 121 Å². The van der Waals surface area contributed by atoms with Crippen molar-refractivity contribution in [2.45, 2.75) is 32.7 Å². The second-order valence-electron chi connectivity index (χ2n) is 5.27. The van der Waals surface area contributed by atoms with Crippen LogP contribution in [0.25, 0.3) is 5.65 Å². The predicted molar refractivity (Wildman–Crippen MR) is 80.4 cm³/mol. The number of carbonyl (C=O) groups is 3. The lowest BCUT2D eigenvalue weighted by Gasteiger charge is -2.13. The molecule has 0 aliphatic rings. The Kier molecular flexibility index (Phi) is 4.63. The number of amides is 1. The minimum atomic E-state index is -1.28. The molecule has 0 aromatic carbocycles. The van der Waals surface area contributed by atoms with Gasteiger partial charge in [0.05, 0.1) is 5.69 Å². The van der Waals surface area contributed by atoms with Gasteiger partial charge in [-0.3, -0.25) is 14.0 Å². The third kappa shape index (κ3) is 3.65.